The summed E-state index contributed by atoms with van der Waals surface area (Å²) in [6, 6.07) is 11.6. The highest BCUT2D eigenvalue weighted by molar-refractivity contribution is 5.95. The molecule has 0 bridgehead atoms. The van der Waals surface area contributed by atoms with E-state index in [1.807, 2.05) is 30.3 Å². The minimum Gasteiger partial charge on any atom is -0.339 e. The molecule has 0 saturated carbocycles. The monoisotopic (exact) mass is 456 g/mol. The van der Waals surface area contributed by atoms with Gasteiger partial charge in [-0.3, -0.25) is 9.59 Å². The fourth-order valence-corrected chi connectivity index (χ4v) is 3.93. The fourth-order valence-electron chi connectivity index (χ4n) is 3.93. The first-order valence-corrected chi connectivity index (χ1v) is 10.6. The first-order valence-electron chi connectivity index (χ1n) is 10.6. The van der Waals surface area contributed by atoms with Gasteiger partial charge in [-0.25, -0.2) is 18.2 Å². The molecular weight excluding hydrogens is 433 g/mol. The quantitative estimate of drug-likeness (QED) is 0.599. The van der Waals surface area contributed by atoms with E-state index in [0.29, 0.717) is 37.9 Å². The normalized spacial score (nSPS) is 15.0. The van der Waals surface area contributed by atoms with Crippen molar-refractivity contribution in [2.45, 2.75) is 18.9 Å². The van der Waals surface area contributed by atoms with E-state index in [2.05, 4.69) is 4.98 Å². The number of hydrogen-bond acceptors (Lipinski definition) is 4. The second kappa shape index (κ2) is 9.58. The zero-order valence-corrected chi connectivity index (χ0v) is 17.8. The lowest BCUT2D eigenvalue weighted by atomic mass is 10.0. The van der Waals surface area contributed by atoms with Crippen LogP contribution in [0.25, 0.3) is 10.9 Å². The number of nitrogens with zero attached hydrogens (tertiary/aromatic N) is 3. The van der Waals surface area contributed by atoms with Gasteiger partial charge in [0.1, 0.15) is 11.5 Å². The lowest BCUT2D eigenvalue weighted by Gasteiger charge is -2.35. The third kappa shape index (κ3) is 5.14. The van der Waals surface area contributed by atoms with Gasteiger partial charge in [-0.15, -0.1) is 0 Å². The summed E-state index contributed by atoms with van der Waals surface area (Å²) in [4.78, 5) is 33.1. The number of piperazine rings is 1. The van der Waals surface area contributed by atoms with Crippen molar-refractivity contribution in [2.75, 3.05) is 26.2 Å². The molecule has 2 aromatic carbocycles. The summed E-state index contributed by atoms with van der Waals surface area (Å²) in [7, 11) is 0. The Morgan fingerprint density at radius 2 is 1.58 bits per heavy atom. The summed E-state index contributed by atoms with van der Waals surface area (Å²) < 4.78 is 40.3. The Morgan fingerprint density at radius 1 is 0.909 bits per heavy atom. The molecule has 9 heteroatoms. The standard InChI is InChI=1S/C24H23F3N4O2/c25-18-14-20(27)19(26)12-16(18)11-17(28)13-23(32)30-7-9-31(10-8-30)24(33)22-6-5-15-3-1-2-4-21(15)29-22/h1-6,12,14,17H,7-11,13,28H2/t17-/m1/s1. The summed E-state index contributed by atoms with van der Waals surface area (Å²) >= 11 is 0. The Morgan fingerprint density at radius 3 is 2.33 bits per heavy atom. The molecule has 2 heterocycles. The lowest BCUT2D eigenvalue weighted by Crippen LogP contribution is -2.51. The summed E-state index contributed by atoms with van der Waals surface area (Å²) in [5.74, 6) is -3.76. The number of nitrogens with two attached hydrogens (primary N) is 1. The molecule has 3 aromatic rings. The predicted molar refractivity (Wildman–Crippen MR) is 117 cm³/mol. The van der Waals surface area contributed by atoms with Gasteiger partial charge in [0.2, 0.25) is 5.91 Å². The van der Waals surface area contributed by atoms with Crippen LogP contribution in [0, 0.1) is 17.5 Å². The molecule has 2 N–H and O–H groups in total. The Hall–Kier alpha value is -3.46. The van der Waals surface area contributed by atoms with Crippen molar-refractivity contribution in [3.05, 3.63) is 77.2 Å². The van der Waals surface area contributed by atoms with Crippen molar-refractivity contribution in [3.8, 4) is 0 Å². The molecule has 1 saturated heterocycles. The highest BCUT2D eigenvalue weighted by atomic mass is 19.2. The maximum atomic E-state index is 13.8. The minimum absolute atomic E-state index is 0.0708. The summed E-state index contributed by atoms with van der Waals surface area (Å²) in [6.07, 6.45) is -0.167. The second-order valence-corrected chi connectivity index (χ2v) is 8.09. The van der Waals surface area contributed by atoms with Crippen LogP contribution in [0.1, 0.15) is 22.5 Å². The van der Waals surface area contributed by atoms with Crippen LogP contribution in [0.15, 0.2) is 48.5 Å². The number of hydrogen-bond donors (Lipinski definition) is 1. The number of para-hydroxylation sites is 1. The summed E-state index contributed by atoms with van der Waals surface area (Å²) in [5.41, 5.74) is 6.98. The van der Waals surface area contributed by atoms with Gasteiger partial charge in [-0.05, 0) is 30.2 Å². The third-order valence-corrected chi connectivity index (χ3v) is 5.75. The van der Waals surface area contributed by atoms with Crippen LogP contribution in [0.4, 0.5) is 13.2 Å². The van der Waals surface area contributed by atoms with Crippen molar-refractivity contribution in [1.82, 2.24) is 14.8 Å². The number of fused-ring (bicyclic) bond motifs is 1. The number of amides is 2. The molecule has 0 unspecified atom stereocenters. The van der Waals surface area contributed by atoms with Gasteiger partial charge in [-0.2, -0.15) is 0 Å². The SMILES string of the molecule is N[C@@H](CC(=O)N1CCN(C(=O)c2ccc3ccccc3n2)CC1)Cc1cc(F)c(F)cc1F. The zero-order chi connectivity index (χ0) is 23.5. The molecule has 0 spiro atoms. The second-order valence-electron chi connectivity index (χ2n) is 8.09. The van der Waals surface area contributed by atoms with Gasteiger partial charge in [0.25, 0.3) is 5.91 Å². The molecule has 1 fully saturated rings. The van der Waals surface area contributed by atoms with Crippen molar-refractivity contribution >= 4 is 22.7 Å². The highest BCUT2D eigenvalue weighted by Crippen LogP contribution is 2.17. The maximum absolute atomic E-state index is 13.8. The van der Waals surface area contributed by atoms with Crippen LogP contribution in [0.5, 0.6) is 0 Å². The highest BCUT2D eigenvalue weighted by Gasteiger charge is 2.26. The van der Waals surface area contributed by atoms with Crippen molar-refractivity contribution in [2.24, 2.45) is 5.73 Å². The van der Waals surface area contributed by atoms with Crippen LogP contribution in [0.3, 0.4) is 0 Å². The first-order chi connectivity index (χ1) is 15.8. The van der Waals surface area contributed by atoms with E-state index >= 15 is 0 Å². The predicted octanol–water partition coefficient (Wildman–Crippen LogP) is 2.90. The zero-order valence-electron chi connectivity index (χ0n) is 17.8. The van der Waals surface area contributed by atoms with Gasteiger partial charge in [0.15, 0.2) is 11.6 Å². The largest absolute Gasteiger partial charge is 0.339 e. The molecule has 0 radical (unpaired) electrons. The van der Waals surface area contributed by atoms with Gasteiger partial charge in [0.05, 0.1) is 5.52 Å². The molecule has 6 nitrogen and oxygen atoms in total. The number of benzene rings is 2. The van der Waals surface area contributed by atoms with Crippen molar-refractivity contribution < 1.29 is 22.8 Å². The minimum atomic E-state index is -1.27. The molecule has 33 heavy (non-hydrogen) atoms. The van der Waals surface area contributed by atoms with Gasteiger partial charge in [0, 0.05) is 50.1 Å². The smallest absolute Gasteiger partial charge is 0.272 e. The molecule has 1 aliphatic heterocycles. The topological polar surface area (TPSA) is 79.5 Å². The van der Waals surface area contributed by atoms with Gasteiger partial charge >= 0.3 is 0 Å². The molecule has 1 aliphatic rings. The number of halogens is 3. The van der Waals surface area contributed by atoms with E-state index in [1.54, 1.807) is 15.9 Å². The van der Waals surface area contributed by atoms with E-state index in [4.69, 9.17) is 5.73 Å². The number of carbonyl (C=O) groups excluding carboxylic acids is 2. The van der Waals surface area contributed by atoms with Crippen LogP contribution >= 0.6 is 0 Å². The fraction of sp³-hybridized carbons (Fsp3) is 0.292. The van der Waals surface area contributed by atoms with E-state index in [0.717, 1.165) is 17.0 Å². The maximum Gasteiger partial charge on any atom is 0.272 e. The van der Waals surface area contributed by atoms with E-state index in [9.17, 15) is 22.8 Å². The number of aromatic nitrogens is 1. The average molecular weight is 456 g/mol. The van der Waals surface area contributed by atoms with Crippen LogP contribution in [-0.2, 0) is 11.2 Å². The summed E-state index contributed by atoms with van der Waals surface area (Å²) in [6.45, 7) is 1.38. The lowest BCUT2D eigenvalue weighted by molar-refractivity contribution is -0.133. The first kappa shape index (κ1) is 22.7. The van der Waals surface area contributed by atoms with E-state index in [1.165, 1.54) is 0 Å². The van der Waals surface area contributed by atoms with Gasteiger partial charge in [-0.1, -0.05) is 24.3 Å². The van der Waals surface area contributed by atoms with Crippen molar-refractivity contribution in [3.63, 3.8) is 0 Å². The average Bonchev–Trinajstić information content (AvgIpc) is 2.81. The molecule has 4 rings (SSSR count). The van der Waals surface area contributed by atoms with Crippen LogP contribution < -0.4 is 5.73 Å². The Balaban J connectivity index is 1.31. The molecule has 1 aromatic heterocycles. The third-order valence-electron chi connectivity index (χ3n) is 5.75. The Labute approximate surface area is 188 Å². The molecule has 1 atom stereocenters. The number of pyridine rings is 1. The number of rotatable bonds is 5. The van der Waals surface area contributed by atoms with Gasteiger partial charge < -0.3 is 15.5 Å². The molecule has 172 valence electrons. The van der Waals surface area contributed by atoms with Crippen LogP contribution in [-0.4, -0.2) is 58.8 Å². The Bertz CT molecular complexity index is 1200. The molecule has 2 amide bonds. The van der Waals surface area contributed by atoms with Crippen molar-refractivity contribution in [1.29, 1.82) is 0 Å². The molecular formula is C24H23F3N4O2. The molecule has 0 aliphatic carbocycles. The van der Waals surface area contributed by atoms with E-state index in [-0.39, 0.29) is 30.2 Å². The number of carbonyl (C=O) groups is 2. The van der Waals surface area contributed by atoms with Crippen LogP contribution in [0.2, 0.25) is 0 Å². The summed E-state index contributed by atoms with van der Waals surface area (Å²) in [5, 5.41) is 0.948. The Kier molecular flexibility index (Phi) is 6.60. The van der Waals surface area contributed by atoms with E-state index < -0.39 is 23.5 Å².